The zero-order valence-corrected chi connectivity index (χ0v) is 12.7. The smallest absolute Gasteiger partial charge is 0.128 e. The maximum atomic E-state index is 6.33. The number of rotatable bonds is 2. The minimum Gasteiger partial charge on any atom is -0.497 e. The molecule has 0 spiro atoms. The number of benzene rings is 2. The van der Waals surface area contributed by atoms with Gasteiger partial charge in [0.1, 0.15) is 17.6 Å². The zero-order valence-electron chi connectivity index (χ0n) is 12.7. The number of aryl methyl sites for hydroxylation is 2. The van der Waals surface area contributed by atoms with Gasteiger partial charge in [-0.15, -0.1) is 0 Å². The Morgan fingerprint density at radius 1 is 1.10 bits per heavy atom. The Kier molecular flexibility index (Phi) is 3.60. The molecule has 0 saturated heterocycles. The van der Waals surface area contributed by atoms with E-state index < -0.39 is 0 Å². The number of hydrogen-bond acceptors (Lipinski definition) is 3. The van der Waals surface area contributed by atoms with Crippen molar-refractivity contribution in [3.05, 3.63) is 58.7 Å². The Labute approximate surface area is 125 Å². The lowest BCUT2D eigenvalue weighted by Crippen LogP contribution is -2.24. The van der Waals surface area contributed by atoms with E-state index in [-0.39, 0.29) is 12.1 Å². The first kappa shape index (κ1) is 14.0. The van der Waals surface area contributed by atoms with Gasteiger partial charge in [-0.05, 0) is 31.0 Å². The predicted molar refractivity (Wildman–Crippen MR) is 83.8 cm³/mol. The molecule has 0 aliphatic carbocycles. The van der Waals surface area contributed by atoms with Crippen molar-refractivity contribution in [3.63, 3.8) is 0 Å². The minimum atomic E-state index is -0.00966. The normalized spacial score (nSPS) is 20.6. The van der Waals surface area contributed by atoms with Gasteiger partial charge in [0.2, 0.25) is 0 Å². The second kappa shape index (κ2) is 5.41. The quantitative estimate of drug-likeness (QED) is 0.911. The molecule has 3 nitrogen and oxygen atoms in total. The second-order valence-electron chi connectivity index (χ2n) is 5.71. The van der Waals surface area contributed by atoms with Crippen molar-refractivity contribution < 1.29 is 9.47 Å². The molecule has 2 aromatic rings. The fourth-order valence-corrected chi connectivity index (χ4v) is 2.91. The molecule has 0 aromatic heterocycles. The molecular formula is C18H21NO2. The molecule has 2 N–H and O–H groups in total. The van der Waals surface area contributed by atoms with Gasteiger partial charge in [-0.25, -0.2) is 0 Å². The second-order valence-corrected chi connectivity index (χ2v) is 5.71. The van der Waals surface area contributed by atoms with Crippen molar-refractivity contribution in [3.8, 4) is 11.5 Å². The lowest BCUT2D eigenvalue weighted by atomic mass is 9.91. The Morgan fingerprint density at radius 3 is 2.67 bits per heavy atom. The minimum absolute atomic E-state index is 0.000457. The molecule has 110 valence electrons. The number of fused-ring (bicyclic) bond motifs is 1. The summed E-state index contributed by atoms with van der Waals surface area (Å²) in [7, 11) is 1.66. The first-order chi connectivity index (χ1) is 10.1. The topological polar surface area (TPSA) is 44.5 Å². The fraction of sp³-hybridized carbons (Fsp3) is 0.333. The van der Waals surface area contributed by atoms with Crippen molar-refractivity contribution in [2.45, 2.75) is 32.4 Å². The maximum Gasteiger partial charge on any atom is 0.128 e. The molecule has 0 amide bonds. The summed E-state index contributed by atoms with van der Waals surface area (Å²) >= 11 is 0. The molecule has 1 unspecified atom stereocenters. The standard InChI is InChI=1S/C18H21NO2/c1-11-4-5-12(2)15(8-11)18-10-16(19)14-7-6-13(20-3)9-17(14)21-18/h4-9,16,18H,10,19H2,1-3H3/t16-,18?/m1/s1. The third kappa shape index (κ3) is 2.61. The molecule has 0 bridgehead atoms. The van der Waals surface area contributed by atoms with E-state index in [2.05, 4.69) is 32.0 Å². The molecule has 1 aliphatic heterocycles. The molecular weight excluding hydrogens is 262 g/mol. The molecule has 2 atom stereocenters. The van der Waals surface area contributed by atoms with Gasteiger partial charge in [-0.3, -0.25) is 0 Å². The lowest BCUT2D eigenvalue weighted by Gasteiger charge is -2.31. The molecule has 21 heavy (non-hydrogen) atoms. The van der Waals surface area contributed by atoms with Crippen molar-refractivity contribution >= 4 is 0 Å². The van der Waals surface area contributed by atoms with Gasteiger partial charge in [0.05, 0.1) is 7.11 Å². The molecule has 3 rings (SSSR count). The summed E-state index contributed by atoms with van der Waals surface area (Å²) in [5.41, 5.74) is 11.1. The first-order valence-electron chi connectivity index (χ1n) is 7.26. The molecule has 0 radical (unpaired) electrons. The Balaban J connectivity index is 1.98. The predicted octanol–water partition coefficient (Wildman–Crippen LogP) is 3.84. The van der Waals surface area contributed by atoms with E-state index in [0.717, 1.165) is 23.5 Å². The van der Waals surface area contributed by atoms with Crippen LogP contribution in [0.3, 0.4) is 0 Å². The van der Waals surface area contributed by atoms with Crippen LogP contribution in [0.1, 0.15) is 40.8 Å². The van der Waals surface area contributed by atoms with Crippen LogP contribution in [0.5, 0.6) is 11.5 Å². The highest BCUT2D eigenvalue weighted by molar-refractivity contribution is 5.45. The van der Waals surface area contributed by atoms with Crippen LogP contribution >= 0.6 is 0 Å². The van der Waals surface area contributed by atoms with Gasteiger partial charge in [0, 0.05) is 24.1 Å². The van der Waals surface area contributed by atoms with Crippen LogP contribution in [-0.2, 0) is 0 Å². The average molecular weight is 283 g/mol. The molecule has 3 heteroatoms. The van der Waals surface area contributed by atoms with E-state index in [1.54, 1.807) is 7.11 Å². The number of hydrogen-bond donors (Lipinski definition) is 1. The molecule has 0 saturated carbocycles. The van der Waals surface area contributed by atoms with Gasteiger partial charge in [0.15, 0.2) is 0 Å². The van der Waals surface area contributed by atoms with E-state index in [1.165, 1.54) is 16.7 Å². The van der Waals surface area contributed by atoms with Crippen LogP contribution in [0.15, 0.2) is 36.4 Å². The van der Waals surface area contributed by atoms with Gasteiger partial charge >= 0.3 is 0 Å². The summed E-state index contributed by atoms with van der Waals surface area (Å²) in [4.78, 5) is 0. The van der Waals surface area contributed by atoms with Crippen LogP contribution < -0.4 is 15.2 Å². The maximum absolute atomic E-state index is 6.33. The summed E-state index contributed by atoms with van der Waals surface area (Å²) < 4.78 is 11.5. The molecule has 1 heterocycles. The van der Waals surface area contributed by atoms with Crippen molar-refractivity contribution in [2.24, 2.45) is 5.73 Å². The molecule has 1 aliphatic rings. The van der Waals surface area contributed by atoms with Crippen LogP contribution in [0, 0.1) is 13.8 Å². The average Bonchev–Trinajstić information content (AvgIpc) is 2.49. The SMILES string of the molecule is COc1ccc2c(c1)OC(c1cc(C)ccc1C)C[C@H]2N. The first-order valence-corrected chi connectivity index (χ1v) is 7.26. The fourth-order valence-electron chi connectivity index (χ4n) is 2.91. The highest BCUT2D eigenvalue weighted by atomic mass is 16.5. The third-order valence-corrected chi connectivity index (χ3v) is 4.14. The zero-order chi connectivity index (χ0) is 15.0. The third-order valence-electron chi connectivity index (χ3n) is 4.14. The van der Waals surface area contributed by atoms with Crippen LogP contribution in [-0.4, -0.2) is 7.11 Å². The molecule has 0 fully saturated rings. The van der Waals surface area contributed by atoms with E-state index in [4.69, 9.17) is 15.2 Å². The van der Waals surface area contributed by atoms with Crippen molar-refractivity contribution in [2.75, 3.05) is 7.11 Å². The van der Waals surface area contributed by atoms with E-state index in [9.17, 15) is 0 Å². The largest absolute Gasteiger partial charge is 0.497 e. The van der Waals surface area contributed by atoms with Gasteiger partial charge in [-0.1, -0.05) is 29.8 Å². The van der Waals surface area contributed by atoms with Crippen molar-refractivity contribution in [1.82, 2.24) is 0 Å². The summed E-state index contributed by atoms with van der Waals surface area (Å²) in [6, 6.07) is 12.3. The van der Waals surface area contributed by atoms with E-state index >= 15 is 0 Å². The van der Waals surface area contributed by atoms with Crippen LogP contribution in [0.2, 0.25) is 0 Å². The van der Waals surface area contributed by atoms with Gasteiger partial charge < -0.3 is 15.2 Å². The van der Waals surface area contributed by atoms with E-state index in [0.29, 0.717) is 0 Å². The number of methoxy groups -OCH3 is 1. The van der Waals surface area contributed by atoms with Gasteiger partial charge in [0.25, 0.3) is 0 Å². The van der Waals surface area contributed by atoms with Crippen molar-refractivity contribution in [1.29, 1.82) is 0 Å². The van der Waals surface area contributed by atoms with Crippen LogP contribution in [0.25, 0.3) is 0 Å². The van der Waals surface area contributed by atoms with Gasteiger partial charge in [-0.2, -0.15) is 0 Å². The molecule has 2 aromatic carbocycles. The number of nitrogens with two attached hydrogens (primary N) is 1. The monoisotopic (exact) mass is 283 g/mol. The Morgan fingerprint density at radius 2 is 1.90 bits per heavy atom. The highest BCUT2D eigenvalue weighted by Gasteiger charge is 2.28. The summed E-state index contributed by atoms with van der Waals surface area (Å²) in [5, 5.41) is 0. The summed E-state index contributed by atoms with van der Waals surface area (Å²) in [6.45, 7) is 4.22. The summed E-state index contributed by atoms with van der Waals surface area (Å²) in [6.07, 6.45) is 0.795. The lowest BCUT2D eigenvalue weighted by molar-refractivity contribution is 0.160. The van der Waals surface area contributed by atoms with Crippen LogP contribution in [0.4, 0.5) is 0 Å². The number of ether oxygens (including phenoxy) is 2. The Bertz CT molecular complexity index is 666. The van der Waals surface area contributed by atoms with E-state index in [1.807, 2.05) is 18.2 Å². The Hall–Kier alpha value is -2.00. The summed E-state index contributed by atoms with van der Waals surface area (Å²) in [5.74, 6) is 1.63. The highest BCUT2D eigenvalue weighted by Crippen LogP contribution is 2.42.